The first-order valence-corrected chi connectivity index (χ1v) is 10.3. The Labute approximate surface area is 188 Å². The monoisotopic (exact) mass is 458 g/mol. The molecule has 2 atom stereocenters. The molecule has 10 heteroatoms. The molecule has 1 amide bonds. The van der Waals surface area contributed by atoms with Gasteiger partial charge in [-0.2, -0.15) is 0 Å². The summed E-state index contributed by atoms with van der Waals surface area (Å²) < 4.78 is 0. The first-order chi connectivity index (χ1) is 14.6. The molecular formula is C22H38N2O8. The Hall–Kier alpha value is -2.24. The minimum absolute atomic E-state index is 0.0350. The van der Waals surface area contributed by atoms with E-state index in [-0.39, 0.29) is 37.5 Å². The molecule has 0 radical (unpaired) electrons. The number of carbonyl (C=O) groups excluding carboxylic acids is 1. The number of aliphatic hydroxyl groups is 4. The number of benzene rings is 1. The van der Waals surface area contributed by atoms with E-state index in [1.807, 2.05) is 20.8 Å². The largest absolute Gasteiger partial charge is 0.508 e. The average Bonchev–Trinajstić information content (AvgIpc) is 2.71. The summed E-state index contributed by atoms with van der Waals surface area (Å²) in [6, 6.07) is 4.76. The molecule has 0 fully saturated rings. The minimum atomic E-state index is -1.35. The summed E-state index contributed by atoms with van der Waals surface area (Å²) >= 11 is 0. The third kappa shape index (κ3) is 11.4. The van der Waals surface area contributed by atoms with Crippen LogP contribution in [0, 0.1) is 5.41 Å². The summed E-state index contributed by atoms with van der Waals surface area (Å²) in [6.07, 6.45) is -2.20. The van der Waals surface area contributed by atoms with Crippen LogP contribution < -0.4 is 10.6 Å². The minimum Gasteiger partial charge on any atom is -0.508 e. The molecule has 0 aromatic heterocycles. The number of phenols is 1. The highest BCUT2D eigenvalue weighted by Crippen LogP contribution is 2.22. The number of hydrogen-bond donors (Lipinski definition) is 8. The highest BCUT2D eigenvalue weighted by atomic mass is 16.4. The number of hydrogen-bond acceptors (Lipinski definition) is 8. The molecule has 0 saturated heterocycles. The number of carboxylic acids is 1. The summed E-state index contributed by atoms with van der Waals surface area (Å²) in [4.78, 5) is 21.4. The SMILES string of the molecule is CC(C)(C)NC[C@H](O)c1ccc(O)c(CO)c1.CC(C)(CO)C(O)C(=O)NCCC(=O)O. The van der Waals surface area contributed by atoms with Crippen LogP contribution in [0.1, 0.15) is 58.3 Å². The maximum atomic E-state index is 11.3. The van der Waals surface area contributed by atoms with Gasteiger partial charge in [0.1, 0.15) is 11.9 Å². The van der Waals surface area contributed by atoms with E-state index in [1.54, 1.807) is 12.1 Å². The van der Waals surface area contributed by atoms with Crippen molar-refractivity contribution in [1.29, 1.82) is 0 Å². The fraction of sp³-hybridized carbons (Fsp3) is 0.636. The van der Waals surface area contributed by atoms with Crippen molar-refractivity contribution < 1.29 is 40.2 Å². The number of carboxylic acid groups (broad SMARTS) is 1. The van der Waals surface area contributed by atoms with Crippen LogP contribution in [0.25, 0.3) is 0 Å². The molecule has 0 aliphatic carbocycles. The standard InChI is InChI=1S/C13H21NO3.C9H17NO5/c1-13(2,3)14-7-12(17)9-4-5-11(16)10(6-9)8-15;1-9(2,5-11)7(14)8(15)10-4-3-6(12)13/h4-6,12,14-17H,7-8H2,1-3H3;7,11,14H,3-5H2,1-2H3,(H,10,15)(H,12,13)/t12-;/m0./s1. The van der Waals surface area contributed by atoms with Crippen molar-refractivity contribution in [3.63, 3.8) is 0 Å². The number of β-amino-alcohol motifs (C(OH)–C–C–N with tert-alkyl or cyclic N) is 1. The second kappa shape index (κ2) is 13.3. The molecule has 32 heavy (non-hydrogen) atoms. The van der Waals surface area contributed by atoms with Crippen LogP contribution in [0.4, 0.5) is 0 Å². The van der Waals surface area contributed by atoms with E-state index in [0.717, 1.165) is 0 Å². The molecule has 10 nitrogen and oxygen atoms in total. The lowest BCUT2D eigenvalue weighted by Gasteiger charge is -2.26. The van der Waals surface area contributed by atoms with Gasteiger partial charge < -0.3 is 41.3 Å². The molecule has 0 aliphatic rings. The second-order valence-electron chi connectivity index (χ2n) is 9.18. The van der Waals surface area contributed by atoms with E-state index in [9.17, 15) is 24.9 Å². The van der Waals surface area contributed by atoms with Crippen LogP contribution in [0.15, 0.2) is 18.2 Å². The molecule has 0 aliphatic heterocycles. The van der Waals surface area contributed by atoms with Gasteiger partial charge in [0.15, 0.2) is 0 Å². The van der Waals surface area contributed by atoms with Gasteiger partial charge in [0.25, 0.3) is 0 Å². The normalized spacial score (nSPS) is 13.5. The zero-order valence-electron chi connectivity index (χ0n) is 19.4. The Morgan fingerprint density at radius 3 is 2.12 bits per heavy atom. The summed E-state index contributed by atoms with van der Waals surface area (Å²) in [5.41, 5.74) is 0.117. The van der Waals surface area contributed by atoms with Crippen LogP contribution in [0.2, 0.25) is 0 Å². The predicted octanol–water partition coefficient (Wildman–Crippen LogP) is 0.263. The average molecular weight is 459 g/mol. The Bertz CT molecular complexity index is 731. The number of nitrogens with one attached hydrogen (secondary N) is 2. The fourth-order valence-corrected chi connectivity index (χ4v) is 2.29. The molecule has 0 spiro atoms. The predicted molar refractivity (Wildman–Crippen MR) is 119 cm³/mol. The lowest BCUT2D eigenvalue weighted by atomic mass is 9.87. The molecule has 8 N–H and O–H groups in total. The number of aliphatic carboxylic acids is 1. The lowest BCUT2D eigenvalue weighted by Crippen LogP contribution is -2.45. The summed E-state index contributed by atoms with van der Waals surface area (Å²) in [7, 11) is 0. The zero-order valence-corrected chi connectivity index (χ0v) is 19.4. The Balaban J connectivity index is 0.000000607. The topological polar surface area (TPSA) is 180 Å². The summed E-state index contributed by atoms with van der Waals surface area (Å²) in [5, 5.41) is 60.6. The zero-order chi connectivity index (χ0) is 25.1. The van der Waals surface area contributed by atoms with Crippen molar-refractivity contribution >= 4 is 11.9 Å². The number of aromatic hydroxyl groups is 1. The lowest BCUT2D eigenvalue weighted by molar-refractivity contribution is -0.138. The van der Waals surface area contributed by atoms with Gasteiger partial charge in [0.2, 0.25) is 5.91 Å². The highest BCUT2D eigenvalue weighted by molar-refractivity contribution is 5.81. The van der Waals surface area contributed by atoms with E-state index in [2.05, 4.69) is 10.6 Å². The van der Waals surface area contributed by atoms with Crippen molar-refractivity contribution in [3.8, 4) is 5.75 Å². The number of aliphatic hydroxyl groups excluding tert-OH is 4. The first-order valence-electron chi connectivity index (χ1n) is 10.3. The molecule has 0 heterocycles. The fourth-order valence-electron chi connectivity index (χ4n) is 2.29. The van der Waals surface area contributed by atoms with Crippen molar-refractivity contribution in [3.05, 3.63) is 29.3 Å². The van der Waals surface area contributed by atoms with Crippen molar-refractivity contribution in [2.24, 2.45) is 5.41 Å². The smallest absolute Gasteiger partial charge is 0.305 e. The maximum Gasteiger partial charge on any atom is 0.305 e. The molecule has 1 aromatic rings. The second-order valence-corrected chi connectivity index (χ2v) is 9.18. The molecule has 1 unspecified atom stereocenters. The van der Waals surface area contributed by atoms with Gasteiger partial charge >= 0.3 is 5.97 Å². The quantitative estimate of drug-likeness (QED) is 0.244. The number of rotatable bonds is 10. The third-order valence-corrected chi connectivity index (χ3v) is 4.52. The summed E-state index contributed by atoms with van der Waals surface area (Å²) in [5.74, 6) is -1.64. The molecule has 1 aromatic carbocycles. The maximum absolute atomic E-state index is 11.3. The van der Waals surface area contributed by atoms with E-state index >= 15 is 0 Å². The molecule has 1 rings (SSSR count). The van der Waals surface area contributed by atoms with Gasteiger partial charge in [0.05, 0.1) is 25.7 Å². The Kier molecular flexibility index (Phi) is 12.4. The molecule has 184 valence electrons. The van der Waals surface area contributed by atoms with E-state index in [0.29, 0.717) is 17.7 Å². The molecule has 0 saturated carbocycles. The molecule has 0 bridgehead atoms. The first kappa shape index (κ1) is 29.8. The van der Waals surface area contributed by atoms with Crippen LogP contribution in [0.3, 0.4) is 0 Å². The van der Waals surface area contributed by atoms with Crippen molar-refractivity contribution in [1.82, 2.24) is 10.6 Å². The summed E-state index contributed by atoms with van der Waals surface area (Å²) in [6.45, 7) is 8.97. The van der Waals surface area contributed by atoms with Crippen LogP contribution >= 0.6 is 0 Å². The van der Waals surface area contributed by atoms with Gasteiger partial charge in [-0.1, -0.05) is 19.9 Å². The van der Waals surface area contributed by atoms with E-state index in [4.69, 9.17) is 15.3 Å². The van der Waals surface area contributed by atoms with Crippen LogP contribution in [-0.2, 0) is 16.2 Å². The Morgan fingerprint density at radius 1 is 1.06 bits per heavy atom. The van der Waals surface area contributed by atoms with Gasteiger partial charge in [0, 0.05) is 29.6 Å². The van der Waals surface area contributed by atoms with Crippen LogP contribution in [-0.4, -0.2) is 73.9 Å². The van der Waals surface area contributed by atoms with Gasteiger partial charge in [-0.15, -0.1) is 0 Å². The highest BCUT2D eigenvalue weighted by Gasteiger charge is 2.32. The van der Waals surface area contributed by atoms with Crippen molar-refractivity contribution in [2.75, 3.05) is 19.7 Å². The number of carbonyl (C=O) groups is 2. The van der Waals surface area contributed by atoms with Gasteiger partial charge in [-0.25, -0.2) is 0 Å². The van der Waals surface area contributed by atoms with Crippen molar-refractivity contribution in [2.45, 2.75) is 65.4 Å². The molecular weight excluding hydrogens is 420 g/mol. The van der Waals surface area contributed by atoms with Crippen LogP contribution in [0.5, 0.6) is 5.75 Å². The van der Waals surface area contributed by atoms with Gasteiger partial charge in [-0.05, 0) is 38.5 Å². The third-order valence-electron chi connectivity index (χ3n) is 4.52. The number of amides is 1. The van der Waals surface area contributed by atoms with Gasteiger partial charge in [-0.3, -0.25) is 9.59 Å². The van der Waals surface area contributed by atoms with E-state index in [1.165, 1.54) is 19.9 Å². The Morgan fingerprint density at radius 2 is 1.66 bits per heavy atom. The van der Waals surface area contributed by atoms with E-state index < -0.39 is 29.5 Å².